The minimum atomic E-state index is -0.314. The summed E-state index contributed by atoms with van der Waals surface area (Å²) in [6, 6.07) is 6.15. The molecule has 0 saturated carbocycles. The van der Waals surface area contributed by atoms with Crippen molar-refractivity contribution in [1.82, 2.24) is 0 Å². The molecule has 3 nitrogen and oxygen atoms in total. The van der Waals surface area contributed by atoms with Crippen molar-refractivity contribution in [2.45, 2.75) is 77.6 Å². The van der Waals surface area contributed by atoms with E-state index in [2.05, 4.69) is 19.1 Å². The number of esters is 1. The number of ether oxygens (including phenoxy) is 1. The molecule has 0 atom stereocenters. The number of unbranched alkanes of at least 4 members (excludes halogenated alkanes) is 9. The van der Waals surface area contributed by atoms with Gasteiger partial charge < -0.3 is 9.84 Å². The maximum atomic E-state index is 11.8. The molecular formula is C22H34O3. The summed E-state index contributed by atoms with van der Waals surface area (Å²) in [5, 5.41) is 9.19. The molecule has 25 heavy (non-hydrogen) atoms. The Morgan fingerprint density at radius 1 is 0.880 bits per heavy atom. The highest BCUT2D eigenvalue weighted by atomic mass is 16.5. The molecular weight excluding hydrogens is 312 g/mol. The molecule has 0 amide bonds. The normalized spacial score (nSPS) is 11.1. The maximum absolute atomic E-state index is 11.8. The van der Waals surface area contributed by atoms with Gasteiger partial charge in [0.05, 0.1) is 12.2 Å². The molecule has 1 N–H and O–H groups in total. The second kappa shape index (κ2) is 14.6. The Balaban J connectivity index is 1.89. The van der Waals surface area contributed by atoms with Gasteiger partial charge >= 0.3 is 5.97 Å². The number of benzene rings is 1. The molecule has 1 aromatic carbocycles. The third kappa shape index (κ3) is 11.4. The number of carbonyl (C=O) groups is 1. The van der Waals surface area contributed by atoms with Gasteiger partial charge in [-0.2, -0.15) is 0 Å². The van der Waals surface area contributed by atoms with Crippen LogP contribution in [0.4, 0.5) is 0 Å². The molecule has 0 aliphatic rings. The molecule has 0 heterocycles. The first-order chi connectivity index (χ1) is 12.2. The van der Waals surface area contributed by atoms with Crippen molar-refractivity contribution in [2.24, 2.45) is 0 Å². The predicted molar refractivity (Wildman–Crippen MR) is 104 cm³/mol. The van der Waals surface area contributed by atoms with E-state index in [1.807, 2.05) is 0 Å². The van der Waals surface area contributed by atoms with Crippen molar-refractivity contribution in [3.05, 3.63) is 42.0 Å². The van der Waals surface area contributed by atoms with Crippen LogP contribution in [0.25, 0.3) is 0 Å². The number of rotatable bonds is 14. The smallest absolute Gasteiger partial charge is 0.338 e. The van der Waals surface area contributed by atoms with E-state index in [0.717, 1.165) is 12.8 Å². The summed E-state index contributed by atoms with van der Waals surface area (Å²) in [5.41, 5.74) is 0.487. The Kier molecular flexibility index (Phi) is 12.4. The van der Waals surface area contributed by atoms with E-state index in [-0.39, 0.29) is 11.7 Å². The minimum absolute atomic E-state index is 0.156. The monoisotopic (exact) mass is 346 g/mol. The van der Waals surface area contributed by atoms with Crippen LogP contribution in [-0.4, -0.2) is 17.7 Å². The number of hydrogen-bond acceptors (Lipinski definition) is 3. The zero-order valence-electron chi connectivity index (χ0n) is 15.7. The third-order valence-electron chi connectivity index (χ3n) is 4.24. The van der Waals surface area contributed by atoms with Crippen molar-refractivity contribution >= 4 is 5.97 Å². The summed E-state index contributed by atoms with van der Waals surface area (Å²) < 4.78 is 5.24. The van der Waals surface area contributed by atoms with Crippen LogP contribution < -0.4 is 0 Å². The predicted octanol–water partition coefficient (Wildman–Crippen LogP) is 6.42. The topological polar surface area (TPSA) is 46.5 Å². The largest absolute Gasteiger partial charge is 0.508 e. The fourth-order valence-electron chi connectivity index (χ4n) is 2.66. The Morgan fingerprint density at radius 3 is 2.08 bits per heavy atom. The van der Waals surface area contributed by atoms with E-state index >= 15 is 0 Å². The fourth-order valence-corrected chi connectivity index (χ4v) is 2.66. The first-order valence-electron chi connectivity index (χ1n) is 9.85. The molecule has 3 heteroatoms. The van der Waals surface area contributed by atoms with Gasteiger partial charge in [-0.25, -0.2) is 4.79 Å². The molecule has 0 fully saturated rings. The Hall–Kier alpha value is -1.77. The van der Waals surface area contributed by atoms with E-state index in [0.29, 0.717) is 12.2 Å². The molecule has 0 saturated heterocycles. The zero-order chi connectivity index (χ0) is 18.2. The summed E-state index contributed by atoms with van der Waals surface area (Å²) in [6.07, 6.45) is 18.1. The van der Waals surface area contributed by atoms with Gasteiger partial charge in [0, 0.05) is 0 Å². The molecule has 0 bridgehead atoms. The van der Waals surface area contributed by atoms with Crippen molar-refractivity contribution in [1.29, 1.82) is 0 Å². The highest BCUT2D eigenvalue weighted by Gasteiger charge is 2.06. The van der Waals surface area contributed by atoms with Crippen LogP contribution in [0.15, 0.2) is 36.4 Å². The first kappa shape index (κ1) is 21.3. The minimum Gasteiger partial charge on any atom is -0.508 e. The highest BCUT2D eigenvalue weighted by molar-refractivity contribution is 5.89. The standard InChI is InChI=1S/C22H34O3/c1-2-3-4-5-6-7-8-9-10-11-12-13-14-19-25-22(24)20-15-17-21(23)18-16-20/h6-7,15-18,23H,2-5,8-14,19H2,1H3/b7-6+. The lowest BCUT2D eigenvalue weighted by Gasteiger charge is -2.05. The number of hydrogen-bond donors (Lipinski definition) is 1. The summed E-state index contributed by atoms with van der Waals surface area (Å²) in [6.45, 7) is 2.71. The molecule has 0 aliphatic heterocycles. The molecule has 0 unspecified atom stereocenters. The SMILES string of the molecule is CCCCC/C=C/CCCCCCCCOC(=O)c1ccc(O)cc1. The van der Waals surface area contributed by atoms with Crippen molar-refractivity contribution in [3.63, 3.8) is 0 Å². The molecule has 0 spiro atoms. The maximum Gasteiger partial charge on any atom is 0.338 e. The average Bonchev–Trinajstić information content (AvgIpc) is 2.62. The van der Waals surface area contributed by atoms with Crippen molar-refractivity contribution in [2.75, 3.05) is 6.61 Å². The number of phenolic OH excluding ortho intramolecular Hbond substituents is 1. The van der Waals surface area contributed by atoms with Gasteiger partial charge in [-0.1, -0.05) is 57.6 Å². The summed E-state index contributed by atoms with van der Waals surface area (Å²) >= 11 is 0. The first-order valence-corrected chi connectivity index (χ1v) is 9.85. The molecule has 0 aromatic heterocycles. The molecule has 0 aliphatic carbocycles. The number of aromatic hydroxyl groups is 1. The Morgan fingerprint density at radius 2 is 1.44 bits per heavy atom. The van der Waals surface area contributed by atoms with Crippen LogP contribution in [0.5, 0.6) is 5.75 Å². The quantitative estimate of drug-likeness (QED) is 0.240. The van der Waals surface area contributed by atoms with Crippen LogP contribution in [0.2, 0.25) is 0 Å². The van der Waals surface area contributed by atoms with Crippen LogP contribution in [0, 0.1) is 0 Å². The van der Waals surface area contributed by atoms with Crippen molar-refractivity contribution in [3.8, 4) is 5.75 Å². The highest BCUT2D eigenvalue weighted by Crippen LogP contribution is 2.12. The van der Waals surface area contributed by atoms with E-state index in [1.54, 1.807) is 12.1 Å². The molecule has 0 radical (unpaired) electrons. The van der Waals surface area contributed by atoms with Gasteiger partial charge in [0.2, 0.25) is 0 Å². The van der Waals surface area contributed by atoms with E-state index in [4.69, 9.17) is 4.74 Å². The lowest BCUT2D eigenvalue weighted by Crippen LogP contribution is -2.06. The summed E-state index contributed by atoms with van der Waals surface area (Å²) in [5.74, 6) is -0.158. The molecule has 1 rings (SSSR count). The third-order valence-corrected chi connectivity index (χ3v) is 4.24. The molecule has 1 aromatic rings. The number of carbonyl (C=O) groups excluding carboxylic acids is 1. The second-order valence-electron chi connectivity index (χ2n) is 6.56. The van der Waals surface area contributed by atoms with Crippen molar-refractivity contribution < 1.29 is 14.6 Å². The fraction of sp³-hybridized carbons (Fsp3) is 0.591. The Bertz CT molecular complexity index is 477. The van der Waals surface area contributed by atoms with Crippen LogP contribution in [0.3, 0.4) is 0 Å². The second-order valence-corrected chi connectivity index (χ2v) is 6.56. The Labute approximate surface area is 153 Å². The van der Waals surface area contributed by atoms with Gasteiger partial charge in [0.15, 0.2) is 0 Å². The van der Waals surface area contributed by atoms with E-state index in [1.165, 1.54) is 69.9 Å². The number of allylic oxidation sites excluding steroid dienone is 2. The van der Waals surface area contributed by atoms with Crippen LogP contribution >= 0.6 is 0 Å². The van der Waals surface area contributed by atoms with E-state index < -0.39 is 0 Å². The lowest BCUT2D eigenvalue weighted by molar-refractivity contribution is 0.0497. The van der Waals surface area contributed by atoms with Gasteiger partial charge in [0.25, 0.3) is 0 Å². The summed E-state index contributed by atoms with van der Waals surface area (Å²) in [4.78, 5) is 11.8. The van der Waals surface area contributed by atoms with Gasteiger partial charge in [-0.3, -0.25) is 0 Å². The average molecular weight is 347 g/mol. The van der Waals surface area contributed by atoms with Crippen LogP contribution in [-0.2, 0) is 4.74 Å². The summed E-state index contributed by atoms with van der Waals surface area (Å²) in [7, 11) is 0. The van der Waals surface area contributed by atoms with Crippen LogP contribution in [0.1, 0.15) is 87.9 Å². The van der Waals surface area contributed by atoms with Gasteiger partial charge in [-0.05, 0) is 56.4 Å². The zero-order valence-corrected chi connectivity index (χ0v) is 15.7. The lowest BCUT2D eigenvalue weighted by atomic mass is 10.1. The van der Waals surface area contributed by atoms with E-state index in [9.17, 15) is 9.90 Å². The number of phenols is 1. The van der Waals surface area contributed by atoms with Gasteiger partial charge in [-0.15, -0.1) is 0 Å². The van der Waals surface area contributed by atoms with Gasteiger partial charge in [0.1, 0.15) is 5.75 Å². The molecule has 140 valence electrons.